The molecule has 6 nitrogen and oxygen atoms in total. The summed E-state index contributed by atoms with van der Waals surface area (Å²) in [5.74, 6) is 0.892. The van der Waals surface area contributed by atoms with E-state index in [2.05, 4.69) is 5.32 Å². The molecule has 25 heavy (non-hydrogen) atoms. The Morgan fingerprint density at radius 2 is 1.84 bits per heavy atom. The lowest BCUT2D eigenvalue weighted by molar-refractivity contribution is -0.124. The summed E-state index contributed by atoms with van der Waals surface area (Å²) in [6, 6.07) is 13.6. The first-order valence-electron chi connectivity index (χ1n) is 7.79. The van der Waals surface area contributed by atoms with Gasteiger partial charge < -0.3 is 14.8 Å². The lowest BCUT2D eigenvalue weighted by Crippen LogP contribution is -2.14. The van der Waals surface area contributed by atoms with Crippen LogP contribution in [0.15, 0.2) is 48.5 Å². The van der Waals surface area contributed by atoms with E-state index in [1.54, 1.807) is 25.8 Å². The van der Waals surface area contributed by atoms with Crippen molar-refractivity contribution in [2.45, 2.75) is 13.1 Å². The van der Waals surface area contributed by atoms with Crippen LogP contribution in [-0.4, -0.2) is 25.3 Å². The molecule has 0 heterocycles. The van der Waals surface area contributed by atoms with Crippen molar-refractivity contribution < 1.29 is 19.5 Å². The van der Waals surface area contributed by atoms with Gasteiger partial charge >= 0.3 is 0 Å². The number of hydrogen-bond donors (Lipinski definition) is 3. The minimum absolute atomic E-state index is 0.557. The summed E-state index contributed by atoms with van der Waals surface area (Å²) in [6.45, 7) is 1.35. The number of carbonyl (C=O) groups excluding carboxylic acids is 1. The van der Waals surface area contributed by atoms with E-state index in [0.29, 0.717) is 18.8 Å². The van der Waals surface area contributed by atoms with Gasteiger partial charge in [-0.05, 0) is 23.3 Å². The number of hydrogen-bond acceptors (Lipinski definition) is 5. The van der Waals surface area contributed by atoms with Crippen molar-refractivity contribution in [1.29, 1.82) is 0 Å². The van der Waals surface area contributed by atoms with Crippen LogP contribution in [0.1, 0.15) is 16.7 Å². The molecular formula is C19H22N2O4. The third-order valence-electron chi connectivity index (χ3n) is 3.65. The number of nitrogens with one attached hydrogen (secondary N) is 2. The highest BCUT2D eigenvalue weighted by Gasteiger charge is 2.08. The molecule has 3 N–H and O–H groups in total. The number of ether oxygens (including phenoxy) is 2. The van der Waals surface area contributed by atoms with Crippen LogP contribution in [0.2, 0.25) is 0 Å². The molecule has 0 saturated heterocycles. The molecule has 0 atom stereocenters. The maximum absolute atomic E-state index is 10.9. The van der Waals surface area contributed by atoms with Crippen LogP contribution in [0.5, 0.6) is 11.5 Å². The Morgan fingerprint density at radius 3 is 2.48 bits per heavy atom. The number of benzene rings is 2. The molecule has 0 spiro atoms. The molecule has 132 valence electrons. The molecule has 0 unspecified atom stereocenters. The molecule has 1 amide bonds. The molecule has 0 saturated carbocycles. The monoisotopic (exact) mass is 342 g/mol. The van der Waals surface area contributed by atoms with E-state index in [4.69, 9.17) is 14.7 Å². The van der Waals surface area contributed by atoms with E-state index < -0.39 is 5.91 Å². The maximum Gasteiger partial charge on any atom is 0.267 e. The van der Waals surface area contributed by atoms with Gasteiger partial charge in [0.1, 0.15) is 0 Å². The molecular weight excluding hydrogens is 320 g/mol. The fourth-order valence-electron chi connectivity index (χ4n) is 2.39. The second-order valence-corrected chi connectivity index (χ2v) is 5.31. The summed E-state index contributed by atoms with van der Waals surface area (Å²) in [7, 11) is 3.25. The topological polar surface area (TPSA) is 79.8 Å². The second kappa shape index (κ2) is 9.46. The molecule has 0 radical (unpaired) electrons. The van der Waals surface area contributed by atoms with Crippen molar-refractivity contribution in [3.8, 4) is 11.5 Å². The number of rotatable bonds is 8. The van der Waals surface area contributed by atoms with E-state index in [-0.39, 0.29) is 0 Å². The molecule has 0 aliphatic heterocycles. The number of para-hydroxylation sites is 1. The minimum atomic E-state index is -0.557. The van der Waals surface area contributed by atoms with Crippen LogP contribution in [-0.2, 0) is 17.9 Å². The van der Waals surface area contributed by atoms with Crippen molar-refractivity contribution in [3.05, 3.63) is 65.2 Å². The largest absolute Gasteiger partial charge is 0.493 e. The van der Waals surface area contributed by atoms with Gasteiger partial charge in [0.15, 0.2) is 11.5 Å². The summed E-state index contributed by atoms with van der Waals surface area (Å²) >= 11 is 0. The third kappa shape index (κ3) is 5.34. The average Bonchev–Trinajstić information content (AvgIpc) is 2.66. The number of methoxy groups -OCH3 is 2. The quantitative estimate of drug-likeness (QED) is 0.390. The Morgan fingerprint density at radius 1 is 1.08 bits per heavy atom. The van der Waals surface area contributed by atoms with Gasteiger partial charge in [-0.1, -0.05) is 36.4 Å². The summed E-state index contributed by atoms with van der Waals surface area (Å²) in [4.78, 5) is 10.9. The Kier molecular flexibility index (Phi) is 7.00. The summed E-state index contributed by atoms with van der Waals surface area (Å²) in [6.07, 6.45) is 2.90. The van der Waals surface area contributed by atoms with Crippen molar-refractivity contribution in [2.75, 3.05) is 14.2 Å². The number of hydroxylamine groups is 1. The van der Waals surface area contributed by atoms with Gasteiger partial charge in [-0.2, -0.15) is 0 Å². The molecule has 0 fully saturated rings. The van der Waals surface area contributed by atoms with E-state index in [9.17, 15) is 4.79 Å². The molecule has 6 heteroatoms. The highest BCUT2D eigenvalue weighted by Crippen LogP contribution is 2.30. The van der Waals surface area contributed by atoms with Crippen molar-refractivity contribution in [2.24, 2.45) is 0 Å². The highest BCUT2D eigenvalue weighted by atomic mass is 16.5. The first-order valence-corrected chi connectivity index (χ1v) is 7.79. The van der Waals surface area contributed by atoms with Gasteiger partial charge in [-0.15, -0.1) is 0 Å². The van der Waals surface area contributed by atoms with Gasteiger partial charge in [0.05, 0.1) is 14.2 Å². The van der Waals surface area contributed by atoms with E-state index in [1.807, 2.05) is 42.5 Å². The maximum atomic E-state index is 10.9. The Bertz CT molecular complexity index is 727. The van der Waals surface area contributed by atoms with Crippen LogP contribution in [0.3, 0.4) is 0 Å². The summed E-state index contributed by atoms with van der Waals surface area (Å²) in [5.41, 5.74) is 4.57. The molecule has 0 aromatic heterocycles. The molecule has 2 aromatic carbocycles. The fraction of sp³-hybridized carbons (Fsp3) is 0.211. The molecule has 0 aliphatic carbocycles. The van der Waals surface area contributed by atoms with Gasteiger partial charge in [0, 0.05) is 24.7 Å². The predicted octanol–water partition coefficient (Wildman–Crippen LogP) is 2.51. The van der Waals surface area contributed by atoms with Crippen LogP contribution >= 0.6 is 0 Å². The van der Waals surface area contributed by atoms with Crippen molar-refractivity contribution in [1.82, 2.24) is 10.8 Å². The van der Waals surface area contributed by atoms with Crippen LogP contribution < -0.4 is 20.3 Å². The lowest BCUT2D eigenvalue weighted by Gasteiger charge is -2.13. The standard InChI is InChI=1S/C19H22N2O4/c1-24-17-5-3-4-16(19(17)25-2)13-20-12-15-8-6-14(7-9-15)10-11-18(22)21-23/h3-11,20,23H,12-13H2,1-2H3,(H,21,22)/b11-10+. The summed E-state index contributed by atoms with van der Waals surface area (Å²) in [5, 5.41) is 11.8. The fourth-order valence-corrected chi connectivity index (χ4v) is 2.39. The van der Waals surface area contributed by atoms with Crippen LogP contribution in [0.4, 0.5) is 0 Å². The highest BCUT2D eigenvalue weighted by molar-refractivity contribution is 5.90. The van der Waals surface area contributed by atoms with Gasteiger partial charge in [0.2, 0.25) is 0 Å². The number of amides is 1. The molecule has 2 aromatic rings. The Labute approximate surface area is 147 Å². The predicted molar refractivity (Wildman–Crippen MR) is 95.5 cm³/mol. The van der Waals surface area contributed by atoms with Gasteiger partial charge in [-0.3, -0.25) is 10.0 Å². The second-order valence-electron chi connectivity index (χ2n) is 5.31. The molecule has 2 rings (SSSR count). The first-order chi connectivity index (χ1) is 12.2. The zero-order valence-corrected chi connectivity index (χ0v) is 14.3. The smallest absolute Gasteiger partial charge is 0.267 e. The van der Waals surface area contributed by atoms with E-state index in [0.717, 1.165) is 22.4 Å². The average molecular weight is 342 g/mol. The Hall–Kier alpha value is -2.83. The van der Waals surface area contributed by atoms with Crippen LogP contribution in [0, 0.1) is 0 Å². The minimum Gasteiger partial charge on any atom is -0.493 e. The van der Waals surface area contributed by atoms with E-state index >= 15 is 0 Å². The number of carbonyl (C=O) groups is 1. The third-order valence-corrected chi connectivity index (χ3v) is 3.65. The van der Waals surface area contributed by atoms with Gasteiger partial charge in [0.25, 0.3) is 5.91 Å². The molecule has 0 aliphatic rings. The van der Waals surface area contributed by atoms with Crippen molar-refractivity contribution in [3.63, 3.8) is 0 Å². The van der Waals surface area contributed by atoms with Gasteiger partial charge in [-0.25, -0.2) is 5.48 Å². The zero-order chi connectivity index (χ0) is 18.1. The summed E-state index contributed by atoms with van der Waals surface area (Å²) < 4.78 is 10.7. The zero-order valence-electron chi connectivity index (χ0n) is 14.3. The normalized spacial score (nSPS) is 10.7. The van der Waals surface area contributed by atoms with E-state index in [1.165, 1.54) is 6.08 Å². The SMILES string of the molecule is COc1cccc(CNCc2ccc(/C=C/C(=O)NO)cc2)c1OC. The first kappa shape index (κ1) is 18.5. The molecule has 0 bridgehead atoms. The lowest BCUT2D eigenvalue weighted by atomic mass is 10.1. The van der Waals surface area contributed by atoms with Crippen molar-refractivity contribution >= 4 is 12.0 Å². The van der Waals surface area contributed by atoms with Crippen LogP contribution in [0.25, 0.3) is 6.08 Å². The Balaban J connectivity index is 1.92.